The van der Waals surface area contributed by atoms with Gasteiger partial charge >= 0.3 is 0 Å². The van der Waals surface area contributed by atoms with Crippen molar-refractivity contribution >= 4 is 32.5 Å². The molecule has 9 heteroatoms. The van der Waals surface area contributed by atoms with Crippen molar-refractivity contribution in [1.82, 2.24) is 19.7 Å². The standard InChI is InChI=1S/C23H29N5O3S/c1-16-12-22(28(26-16)18-8-11-32(30,31)15-18)25-23(29)14-27-9-6-17(7-10-27)20-13-24-21-5-3-2-4-19(20)21/h2-5,12-13,17-18,24H,6-11,14-15H2,1H3,(H,25,29). The first-order valence-corrected chi connectivity index (χ1v) is 13.0. The number of carbonyl (C=O) groups excluding carboxylic acids is 1. The number of piperidine rings is 1. The zero-order valence-electron chi connectivity index (χ0n) is 18.3. The van der Waals surface area contributed by atoms with Gasteiger partial charge in [0.05, 0.1) is 29.8 Å². The van der Waals surface area contributed by atoms with Gasteiger partial charge in [0.1, 0.15) is 5.82 Å². The van der Waals surface area contributed by atoms with Crippen molar-refractivity contribution < 1.29 is 13.2 Å². The van der Waals surface area contributed by atoms with E-state index in [4.69, 9.17) is 0 Å². The second-order valence-electron chi connectivity index (χ2n) is 9.06. The number of para-hydroxylation sites is 1. The lowest BCUT2D eigenvalue weighted by atomic mass is 9.89. The van der Waals surface area contributed by atoms with Gasteiger partial charge < -0.3 is 10.3 Å². The lowest BCUT2D eigenvalue weighted by Crippen LogP contribution is -2.39. The predicted molar refractivity (Wildman–Crippen MR) is 125 cm³/mol. The van der Waals surface area contributed by atoms with Crippen molar-refractivity contribution in [1.29, 1.82) is 0 Å². The molecule has 0 bridgehead atoms. The van der Waals surface area contributed by atoms with Crippen LogP contribution in [0.3, 0.4) is 0 Å². The molecule has 0 saturated carbocycles. The first-order chi connectivity index (χ1) is 15.4. The Morgan fingerprint density at radius 2 is 2.00 bits per heavy atom. The summed E-state index contributed by atoms with van der Waals surface area (Å²) in [6.45, 7) is 3.92. The van der Waals surface area contributed by atoms with Gasteiger partial charge in [0.25, 0.3) is 0 Å². The van der Waals surface area contributed by atoms with Crippen LogP contribution in [0.4, 0.5) is 5.82 Å². The van der Waals surface area contributed by atoms with Crippen LogP contribution >= 0.6 is 0 Å². The number of nitrogens with one attached hydrogen (secondary N) is 2. The van der Waals surface area contributed by atoms with Crippen LogP contribution < -0.4 is 5.32 Å². The Balaban J connectivity index is 1.18. The maximum absolute atomic E-state index is 12.8. The number of aryl methyl sites for hydroxylation is 1. The molecule has 0 spiro atoms. The molecule has 1 unspecified atom stereocenters. The van der Waals surface area contributed by atoms with Gasteiger partial charge in [-0.05, 0) is 56.8 Å². The summed E-state index contributed by atoms with van der Waals surface area (Å²) < 4.78 is 25.4. The van der Waals surface area contributed by atoms with Gasteiger partial charge in [-0.1, -0.05) is 18.2 Å². The van der Waals surface area contributed by atoms with Crippen molar-refractivity contribution in [2.45, 2.75) is 38.1 Å². The number of aromatic nitrogens is 3. The van der Waals surface area contributed by atoms with Crippen LogP contribution in [0.1, 0.15) is 42.5 Å². The summed E-state index contributed by atoms with van der Waals surface area (Å²) in [5.74, 6) is 1.26. The Morgan fingerprint density at radius 3 is 2.75 bits per heavy atom. The molecule has 2 aliphatic rings. The van der Waals surface area contributed by atoms with Crippen LogP contribution in [-0.4, -0.2) is 65.1 Å². The molecule has 0 aliphatic carbocycles. The number of rotatable bonds is 5. The molecule has 170 valence electrons. The molecule has 2 saturated heterocycles. The van der Waals surface area contributed by atoms with Crippen LogP contribution in [0, 0.1) is 6.92 Å². The van der Waals surface area contributed by atoms with Crippen LogP contribution in [0.15, 0.2) is 36.5 Å². The molecule has 4 heterocycles. The molecule has 0 radical (unpaired) electrons. The van der Waals surface area contributed by atoms with E-state index in [1.807, 2.05) is 19.1 Å². The number of aromatic amines is 1. The van der Waals surface area contributed by atoms with Crippen molar-refractivity contribution in [2.24, 2.45) is 0 Å². The van der Waals surface area contributed by atoms with E-state index >= 15 is 0 Å². The summed E-state index contributed by atoms with van der Waals surface area (Å²) in [5, 5.41) is 8.70. The summed E-state index contributed by atoms with van der Waals surface area (Å²) in [7, 11) is -3.02. The molecule has 1 atom stereocenters. The number of anilines is 1. The second-order valence-corrected chi connectivity index (χ2v) is 11.3. The van der Waals surface area contributed by atoms with E-state index in [0.717, 1.165) is 31.6 Å². The fourth-order valence-corrected chi connectivity index (χ4v) is 6.77. The largest absolute Gasteiger partial charge is 0.361 e. The van der Waals surface area contributed by atoms with Crippen molar-refractivity contribution in [3.63, 3.8) is 0 Å². The number of sulfone groups is 1. The van der Waals surface area contributed by atoms with Gasteiger partial charge in [-0.25, -0.2) is 13.1 Å². The first-order valence-electron chi connectivity index (χ1n) is 11.2. The van der Waals surface area contributed by atoms with Gasteiger partial charge in [-0.15, -0.1) is 0 Å². The molecule has 1 amide bonds. The molecule has 1 aromatic carbocycles. The van der Waals surface area contributed by atoms with E-state index in [1.165, 1.54) is 16.5 Å². The highest BCUT2D eigenvalue weighted by Gasteiger charge is 2.31. The quantitative estimate of drug-likeness (QED) is 0.616. The molecule has 2 aliphatic heterocycles. The number of H-pyrrole nitrogens is 1. The highest BCUT2D eigenvalue weighted by atomic mass is 32.2. The van der Waals surface area contributed by atoms with E-state index in [9.17, 15) is 13.2 Å². The van der Waals surface area contributed by atoms with Gasteiger partial charge in [-0.2, -0.15) is 5.10 Å². The zero-order valence-corrected chi connectivity index (χ0v) is 19.1. The summed E-state index contributed by atoms with van der Waals surface area (Å²) >= 11 is 0. The highest BCUT2D eigenvalue weighted by Crippen LogP contribution is 2.33. The summed E-state index contributed by atoms with van der Waals surface area (Å²) in [4.78, 5) is 18.3. The SMILES string of the molecule is Cc1cc(NC(=O)CN2CCC(c3c[nH]c4ccccc34)CC2)n(C2CCS(=O)(=O)C2)n1. The van der Waals surface area contributed by atoms with Gasteiger partial charge in [0.15, 0.2) is 9.84 Å². The average molecular weight is 456 g/mol. The molecule has 8 nitrogen and oxygen atoms in total. The molecule has 32 heavy (non-hydrogen) atoms. The Hall–Kier alpha value is -2.65. The monoisotopic (exact) mass is 455 g/mol. The Kier molecular flexibility index (Phi) is 5.54. The zero-order chi connectivity index (χ0) is 22.3. The molecular weight excluding hydrogens is 426 g/mol. The molecule has 2 aromatic heterocycles. The Labute approximate surface area is 187 Å². The molecule has 3 aromatic rings. The van der Waals surface area contributed by atoms with Crippen molar-refractivity contribution in [2.75, 3.05) is 36.5 Å². The van der Waals surface area contributed by atoms with Crippen LogP contribution in [0.2, 0.25) is 0 Å². The third kappa shape index (κ3) is 4.31. The van der Waals surface area contributed by atoms with E-state index in [1.54, 1.807) is 4.68 Å². The maximum atomic E-state index is 12.8. The molecule has 5 rings (SSSR count). The van der Waals surface area contributed by atoms with Gasteiger partial charge in [-0.3, -0.25) is 9.69 Å². The maximum Gasteiger partial charge on any atom is 0.239 e. The lowest BCUT2D eigenvalue weighted by Gasteiger charge is -2.31. The number of hydrogen-bond acceptors (Lipinski definition) is 5. The number of likely N-dealkylation sites (tertiary alicyclic amines) is 1. The number of benzene rings is 1. The molecule has 2 fully saturated rings. The average Bonchev–Trinajstić information content (AvgIpc) is 3.45. The van der Waals surface area contributed by atoms with E-state index < -0.39 is 9.84 Å². The lowest BCUT2D eigenvalue weighted by molar-refractivity contribution is -0.117. The number of amides is 1. The van der Waals surface area contributed by atoms with E-state index in [-0.39, 0.29) is 23.5 Å². The summed E-state index contributed by atoms with van der Waals surface area (Å²) in [6.07, 6.45) is 4.70. The minimum absolute atomic E-state index is 0.0817. The topological polar surface area (TPSA) is 100 Å². The molecular formula is C23H29N5O3S. The van der Waals surface area contributed by atoms with E-state index in [0.29, 0.717) is 24.7 Å². The van der Waals surface area contributed by atoms with Crippen LogP contribution in [-0.2, 0) is 14.6 Å². The Bertz CT molecular complexity index is 1240. The summed E-state index contributed by atoms with van der Waals surface area (Å²) in [5.41, 5.74) is 3.31. The minimum atomic E-state index is -3.02. The second kappa shape index (κ2) is 8.37. The molecule has 2 N–H and O–H groups in total. The third-order valence-electron chi connectivity index (χ3n) is 6.70. The number of carbonyl (C=O) groups is 1. The number of nitrogens with zero attached hydrogens (tertiary/aromatic N) is 3. The normalized spacial score (nSPS) is 21.8. The van der Waals surface area contributed by atoms with Crippen LogP contribution in [0.5, 0.6) is 0 Å². The number of fused-ring (bicyclic) bond motifs is 1. The number of hydrogen-bond donors (Lipinski definition) is 2. The van der Waals surface area contributed by atoms with Crippen molar-refractivity contribution in [3.05, 3.63) is 47.8 Å². The highest BCUT2D eigenvalue weighted by molar-refractivity contribution is 7.91. The van der Waals surface area contributed by atoms with E-state index in [2.05, 4.69) is 44.7 Å². The van der Waals surface area contributed by atoms with Crippen LogP contribution in [0.25, 0.3) is 10.9 Å². The Morgan fingerprint density at radius 1 is 1.22 bits per heavy atom. The predicted octanol–water partition coefficient (Wildman–Crippen LogP) is 2.85. The fourth-order valence-electron chi connectivity index (χ4n) is 5.08. The summed E-state index contributed by atoms with van der Waals surface area (Å²) in [6, 6.07) is 9.99. The third-order valence-corrected chi connectivity index (χ3v) is 8.45. The van der Waals surface area contributed by atoms with Gasteiger partial charge in [0, 0.05) is 23.2 Å². The fraction of sp³-hybridized carbons (Fsp3) is 0.478. The smallest absolute Gasteiger partial charge is 0.239 e. The van der Waals surface area contributed by atoms with Gasteiger partial charge in [0.2, 0.25) is 5.91 Å². The first kappa shape index (κ1) is 21.2. The minimum Gasteiger partial charge on any atom is -0.361 e. The van der Waals surface area contributed by atoms with Crippen molar-refractivity contribution in [3.8, 4) is 0 Å².